The Hall–Kier alpha value is -2.29. The second-order valence-electron chi connectivity index (χ2n) is 5.51. The number of rotatable bonds is 5. The van der Waals surface area contributed by atoms with Crippen molar-refractivity contribution in [2.24, 2.45) is 12.8 Å². The van der Waals surface area contributed by atoms with Gasteiger partial charge in [-0.15, -0.1) is 0 Å². The van der Waals surface area contributed by atoms with Crippen LogP contribution in [0.25, 0.3) is 11.0 Å². The van der Waals surface area contributed by atoms with E-state index in [1.165, 1.54) is 4.68 Å². The summed E-state index contributed by atoms with van der Waals surface area (Å²) in [5.74, 6) is -3.71. The Bertz CT molecular complexity index is 810. The number of aromatic nitrogens is 3. The van der Waals surface area contributed by atoms with Gasteiger partial charge in [-0.25, -0.2) is 13.8 Å². The summed E-state index contributed by atoms with van der Waals surface area (Å²) in [5, 5.41) is 5.15. The van der Waals surface area contributed by atoms with Crippen LogP contribution in [0.3, 0.4) is 0 Å². The summed E-state index contributed by atoms with van der Waals surface area (Å²) in [6.07, 6.45) is -0.129. The summed E-state index contributed by atoms with van der Waals surface area (Å²) in [5.41, 5.74) is 6.86. The van der Waals surface area contributed by atoms with Gasteiger partial charge in [0.25, 0.3) is 11.5 Å². The van der Waals surface area contributed by atoms with E-state index in [0.717, 1.165) is 0 Å². The Balaban J connectivity index is 2.28. The number of nitrogens with one attached hydrogen (secondary N) is 2. The summed E-state index contributed by atoms with van der Waals surface area (Å²) in [6, 6.07) is 0. The molecule has 9 heteroatoms. The van der Waals surface area contributed by atoms with Gasteiger partial charge >= 0.3 is 0 Å². The van der Waals surface area contributed by atoms with Crippen molar-refractivity contribution >= 4 is 16.9 Å². The summed E-state index contributed by atoms with van der Waals surface area (Å²) in [4.78, 5) is 28.2. The Morgan fingerprint density at radius 2 is 2.09 bits per heavy atom. The van der Waals surface area contributed by atoms with Gasteiger partial charge in [0.1, 0.15) is 0 Å². The van der Waals surface area contributed by atoms with Gasteiger partial charge in [0.15, 0.2) is 5.65 Å². The molecule has 126 valence electrons. The largest absolute Gasteiger partial charge is 0.350 e. The smallest absolute Gasteiger partial charge is 0.277 e. The highest BCUT2D eigenvalue weighted by Crippen LogP contribution is 2.20. The first-order valence-electron chi connectivity index (χ1n) is 7.05. The number of hydrogen-bond acceptors (Lipinski definition) is 4. The third-order valence-corrected chi connectivity index (χ3v) is 3.76. The van der Waals surface area contributed by atoms with Crippen molar-refractivity contribution in [2.45, 2.75) is 26.2 Å². The predicted molar refractivity (Wildman–Crippen MR) is 81.5 cm³/mol. The van der Waals surface area contributed by atoms with E-state index in [2.05, 4.69) is 15.4 Å². The topological polar surface area (TPSA) is 106 Å². The molecule has 2 aromatic heterocycles. The average molecular weight is 327 g/mol. The van der Waals surface area contributed by atoms with Crippen LogP contribution in [0.4, 0.5) is 8.78 Å². The molecule has 2 heterocycles. The van der Waals surface area contributed by atoms with Gasteiger partial charge in [0, 0.05) is 12.7 Å². The number of amides is 1. The second-order valence-corrected chi connectivity index (χ2v) is 5.51. The monoisotopic (exact) mass is 327 g/mol. The molecule has 0 aliphatic heterocycles. The Kier molecular flexibility index (Phi) is 4.51. The molecule has 0 fully saturated rings. The summed E-state index contributed by atoms with van der Waals surface area (Å²) in [6.45, 7) is 1.77. The van der Waals surface area contributed by atoms with Crippen LogP contribution >= 0.6 is 0 Å². The molecule has 4 N–H and O–H groups in total. The number of hydrogen-bond donors (Lipinski definition) is 3. The van der Waals surface area contributed by atoms with E-state index in [9.17, 15) is 18.4 Å². The van der Waals surface area contributed by atoms with E-state index < -0.39 is 24.9 Å². The zero-order valence-electron chi connectivity index (χ0n) is 13.2. The van der Waals surface area contributed by atoms with E-state index in [0.29, 0.717) is 27.9 Å². The van der Waals surface area contributed by atoms with Crippen molar-refractivity contribution in [1.29, 1.82) is 0 Å². The molecule has 23 heavy (non-hydrogen) atoms. The third-order valence-electron chi connectivity index (χ3n) is 3.76. The van der Waals surface area contributed by atoms with Crippen LogP contribution in [0.1, 0.15) is 16.8 Å². The van der Waals surface area contributed by atoms with Crippen molar-refractivity contribution in [3.8, 4) is 0 Å². The molecule has 7 nitrogen and oxygen atoms in total. The van der Waals surface area contributed by atoms with Gasteiger partial charge in [0.2, 0.25) is 5.91 Å². The second kappa shape index (κ2) is 6.07. The zero-order chi connectivity index (χ0) is 17.4. The molecule has 0 spiro atoms. The number of carbonyl (C=O) groups excluding carboxylic acids is 1. The highest BCUT2D eigenvalue weighted by atomic mass is 19.3. The molecule has 0 aliphatic carbocycles. The minimum Gasteiger partial charge on any atom is -0.350 e. The van der Waals surface area contributed by atoms with Crippen molar-refractivity contribution in [3.63, 3.8) is 0 Å². The fourth-order valence-corrected chi connectivity index (χ4v) is 2.43. The molecule has 0 saturated carbocycles. The maximum absolute atomic E-state index is 13.1. The molecular weight excluding hydrogens is 308 g/mol. The van der Waals surface area contributed by atoms with Crippen molar-refractivity contribution < 1.29 is 13.6 Å². The first-order valence-corrected chi connectivity index (χ1v) is 7.05. The SMILES string of the molecule is Cc1nc2c(c(C)c1CC(=O)NCC(F)(F)CN)c(=O)[nH]n2C. The Morgan fingerprint density at radius 3 is 2.70 bits per heavy atom. The summed E-state index contributed by atoms with van der Waals surface area (Å²) < 4.78 is 27.7. The van der Waals surface area contributed by atoms with E-state index in [1.807, 2.05) is 0 Å². The number of pyridine rings is 1. The minimum atomic E-state index is -3.14. The maximum atomic E-state index is 13.1. The molecule has 0 aromatic carbocycles. The van der Waals surface area contributed by atoms with Gasteiger partial charge in [-0.3, -0.25) is 19.4 Å². The van der Waals surface area contributed by atoms with Crippen LogP contribution in [0, 0.1) is 13.8 Å². The standard InChI is InChI=1S/C14H19F2N5O2/c1-7-9(4-10(22)18-6-14(15,16)5-17)8(2)19-12-11(7)13(23)20-21(12)3/h4-6,17H2,1-3H3,(H,18,22)(H,20,23). The van der Waals surface area contributed by atoms with Crippen molar-refractivity contribution in [3.05, 3.63) is 27.2 Å². The summed E-state index contributed by atoms with van der Waals surface area (Å²) >= 11 is 0. The molecule has 0 radical (unpaired) electrons. The molecule has 2 rings (SSSR count). The lowest BCUT2D eigenvalue weighted by Gasteiger charge is -2.15. The molecular formula is C14H19F2N5O2. The lowest BCUT2D eigenvalue weighted by molar-refractivity contribution is -0.122. The molecule has 0 saturated heterocycles. The Morgan fingerprint density at radius 1 is 1.43 bits per heavy atom. The van der Waals surface area contributed by atoms with E-state index in [4.69, 9.17) is 5.73 Å². The number of alkyl halides is 2. The number of nitrogens with two attached hydrogens (primary N) is 1. The predicted octanol–water partition coefficient (Wildman–Crippen LogP) is 0.131. The van der Waals surface area contributed by atoms with Gasteiger partial charge in [-0.2, -0.15) is 0 Å². The average Bonchev–Trinajstić information content (AvgIpc) is 2.76. The van der Waals surface area contributed by atoms with E-state index >= 15 is 0 Å². The van der Waals surface area contributed by atoms with E-state index in [1.54, 1.807) is 20.9 Å². The number of H-pyrrole nitrogens is 1. The van der Waals surface area contributed by atoms with E-state index in [-0.39, 0.29) is 12.0 Å². The van der Waals surface area contributed by atoms with Crippen LogP contribution in [0.15, 0.2) is 4.79 Å². The van der Waals surface area contributed by atoms with Crippen LogP contribution in [0.5, 0.6) is 0 Å². The summed E-state index contributed by atoms with van der Waals surface area (Å²) in [7, 11) is 1.66. The molecule has 0 unspecified atom stereocenters. The van der Waals surface area contributed by atoms with Crippen molar-refractivity contribution in [2.75, 3.05) is 13.1 Å². The number of halogens is 2. The van der Waals surface area contributed by atoms with Crippen molar-refractivity contribution in [1.82, 2.24) is 20.1 Å². The molecule has 1 amide bonds. The third kappa shape index (κ3) is 3.39. The lowest BCUT2D eigenvalue weighted by atomic mass is 10.0. The molecule has 0 bridgehead atoms. The maximum Gasteiger partial charge on any atom is 0.277 e. The number of aryl methyl sites for hydroxylation is 3. The Labute approximate surface area is 130 Å². The first-order chi connectivity index (χ1) is 10.7. The minimum absolute atomic E-state index is 0.129. The fraction of sp³-hybridized carbons (Fsp3) is 0.500. The van der Waals surface area contributed by atoms with Crippen LogP contribution in [0.2, 0.25) is 0 Å². The molecule has 2 aromatic rings. The quantitative estimate of drug-likeness (QED) is 0.726. The molecule has 0 atom stereocenters. The highest BCUT2D eigenvalue weighted by Gasteiger charge is 2.27. The fourth-order valence-electron chi connectivity index (χ4n) is 2.43. The number of carbonyl (C=O) groups is 1. The lowest BCUT2D eigenvalue weighted by Crippen LogP contribution is -2.42. The number of nitrogens with zero attached hydrogens (tertiary/aromatic N) is 2. The molecule has 0 aliphatic rings. The van der Waals surface area contributed by atoms with Gasteiger partial charge < -0.3 is 11.1 Å². The normalized spacial score (nSPS) is 11.9. The van der Waals surface area contributed by atoms with Gasteiger partial charge in [-0.1, -0.05) is 0 Å². The zero-order valence-corrected chi connectivity index (χ0v) is 13.2. The number of fused-ring (bicyclic) bond motifs is 1. The first kappa shape index (κ1) is 17.1. The number of aromatic amines is 1. The van der Waals surface area contributed by atoms with Crippen LogP contribution < -0.4 is 16.6 Å². The highest BCUT2D eigenvalue weighted by molar-refractivity contribution is 5.84. The van der Waals surface area contributed by atoms with Crippen LogP contribution in [-0.4, -0.2) is 39.7 Å². The van der Waals surface area contributed by atoms with Gasteiger partial charge in [-0.05, 0) is 25.0 Å². The van der Waals surface area contributed by atoms with Crippen LogP contribution in [-0.2, 0) is 18.3 Å². The van der Waals surface area contributed by atoms with Gasteiger partial charge in [0.05, 0.1) is 24.9 Å².